The molecule has 150 valence electrons. The Morgan fingerprint density at radius 3 is 2.39 bits per heavy atom. The number of hydrogen-bond acceptors (Lipinski definition) is 6. The van der Waals surface area contributed by atoms with E-state index in [4.69, 9.17) is 0 Å². The van der Waals surface area contributed by atoms with Crippen LogP contribution in [0.25, 0.3) is 0 Å². The molecule has 0 unspecified atom stereocenters. The second-order valence-electron chi connectivity index (χ2n) is 7.05. The van der Waals surface area contributed by atoms with Crippen molar-refractivity contribution in [1.82, 2.24) is 0 Å². The van der Waals surface area contributed by atoms with E-state index in [1.165, 1.54) is 12.1 Å². The van der Waals surface area contributed by atoms with Gasteiger partial charge in [-0.3, -0.25) is 14.8 Å². The highest BCUT2D eigenvalue weighted by Gasteiger charge is 2.30. The van der Waals surface area contributed by atoms with Crippen molar-refractivity contribution in [3.8, 4) is 0 Å². The minimum atomic E-state index is -3.97. The van der Waals surface area contributed by atoms with E-state index in [0.717, 1.165) is 25.3 Å². The molecular formula is C19H23N3O5S. The van der Waals surface area contributed by atoms with Crippen LogP contribution in [0.2, 0.25) is 0 Å². The van der Waals surface area contributed by atoms with E-state index in [9.17, 15) is 23.6 Å². The summed E-state index contributed by atoms with van der Waals surface area (Å²) in [6.45, 7) is 0.183. The van der Waals surface area contributed by atoms with Gasteiger partial charge in [-0.1, -0.05) is 37.5 Å². The van der Waals surface area contributed by atoms with Crippen LogP contribution in [0, 0.1) is 10.1 Å². The molecule has 3 N–H and O–H groups in total. The molecular weight excluding hydrogens is 382 g/mol. The van der Waals surface area contributed by atoms with Crippen LogP contribution in [0.4, 0.5) is 17.1 Å². The molecule has 0 saturated heterocycles. The molecule has 1 fully saturated rings. The van der Waals surface area contributed by atoms with Gasteiger partial charge >= 0.3 is 0 Å². The number of benzene rings is 2. The Kier molecular flexibility index (Phi) is 5.85. The molecule has 1 saturated carbocycles. The third kappa shape index (κ3) is 4.79. The zero-order chi connectivity index (χ0) is 20.2. The SMILES string of the molecule is O=[N+]([O-])c1cc(S(=O)(=O)Nc2ccccc2)ccc1NCC1(O)CCCCC1. The minimum Gasteiger partial charge on any atom is -0.388 e. The van der Waals surface area contributed by atoms with E-state index in [-0.39, 0.29) is 22.8 Å². The smallest absolute Gasteiger partial charge is 0.293 e. The summed E-state index contributed by atoms with van der Waals surface area (Å²) in [5, 5.41) is 25.0. The van der Waals surface area contributed by atoms with Gasteiger partial charge < -0.3 is 10.4 Å². The predicted octanol–water partition coefficient (Wildman–Crippen LogP) is 3.50. The fourth-order valence-corrected chi connectivity index (χ4v) is 4.42. The third-order valence-electron chi connectivity index (χ3n) is 4.89. The van der Waals surface area contributed by atoms with Crippen LogP contribution >= 0.6 is 0 Å². The number of anilines is 2. The van der Waals surface area contributed by atoms with E-state index >= 15 is 0 Å². The van der Waals surface area contributed by atoms with Gasteiger partial charge in [0.1, 0.15) is 5.69 Å². The lowest BCUT2D eigenvalue weighted by Crippen LogP contribution is -2.38. The normalized spacial score (nSPS) is 16.3. The van der Waals surface area contributed by atoms with Crippen molar-refractivity contribution < 1.29 is 18.4 Å². The highest BCUT2D eigenvalue weighted by atomic mass is 32.2. The maximum Gasteiger partial charge on any atom is 0.293 e. The van der Waals surface area contributed by atoms with Gasteiger partial charge in [0, 0.05) is 18.3 Å². The molecule has 0 radical (unpaired) electrons. The summed E-state index contributed by atoms with van der Waals surface area (Å²) >= 11 is 0. The zero-order valence-electron chi connectivity index (χ0n) is 15.3. The fourth-order valence-electron chi connectivity index (χ4n) is 3.35. The highest BCUT2D eigenvalue weighted by molar-refractivity contribution is 7.92. The summed E-state index contributed by atoms with van der Waals surface area (Å²) in [5.74, 6) is 0. The Morgan fingerprint density at radius 1 is 1.07 bits per heavy atom. The van der Waals surface area contributed by atoms with Gasteiger partial charge in [-0.2, -0.15) is 0 Å². The standard InChI is InChI=1S/C19H23N3O5S/c23-19(11-5-2-6-12-19)14-20-17-10-9-16(13-18(17)22(24)25)28(26,27)21-15-7-3-1-4-8-15/h1,3-4,7-10,13,20-21,23H,2,5-6,11-12,14H2. The van der Waals surface area contributed by atoms with Crippen molar-refractivity contribution in [3.05, 3.63) is 58.6 Å². The molecule has 0 amide bonds. The Balaban J connectivity index is 1.81. The van der Waals surface area contributed by atoms with Crippen LogP contribution in [0.15, 0.2) is 53.4 Å². The second-order valence-corrected chi connectivity index (χ2v) is 8.73. The van der Waals surface area contributed by atoms with Crippen LogP contribution in [0.1, 0.15) is 32.1 Å². The van der Waals surface area contributed by atoms with Crippen LogP contribution in [0.3, 0.4) is 0 Å². The molecule has 9 heteroatoms. The first-order chi connectivity index (χ1) is 13.3. The summed E-state index contributed by atoms with van der Waals surface area (Å²) < 4.78 is 27.5. The molecule has 2 aromatic carbocycles. The maximum absolute atomic E-state index is 12.5. The lowest BCUT2D eigenvalue weighted by molar-refractivity contribution is -0.384. The van der Waals surface area contributed by atoms with Gasteiger partial charge in [0.2, 0.25) is 0 Å². The fraction of sp³-hybridized carbons (Fsp3) is 0.368. The molecule has 0 heterocycles. The number of nitrogens with zero attached hydrogens (tertiary/aromatic N) is 1. The van der Waals surface area contributed by atoms with Gasteiger partial charge in [-0.15, -0.1) is 0 Å². The quantitative estimate of drug-likeness (QED) is 0.479. The van der Waals surface area contributed by atoms with Crippen LogP contribution in [-0.4, -0.2) is 30.6 Å². The summed E-state index contributed by atoms with van der Waals surface area (Å²) in [4.78, 5) is 10.6. The number of sulfonamides is 1. The van der Waals surface area contributed by atoms with E-state index in [2.05, 4.69) is 10.0 Å². The molecule has 8 nitrogen and oxygen atoms in total. The minimum absolute atomic E-state index is 0.183. The molecule has 0 atom stereocenters. The van der Waals surface area contributed by atoms with Crippen LogP contribution in [-0.2, 0) is 10.0 Å². The van der Waals surface area contributed by atoms with Crippen LogP contribution in [0.5, 0.6) is 0 Å². The molecule has 0 bridgehead atoms. The Hall–Kier alpha value is -2.65. The molecule has 0 aromatic heterocycles. The van der Waals surface area contributed by atoms with Gasteiger partial charge in [0.15, 0.2) is 0 Å². The number of rotatable bonds is 7. The van der Waals surface area contributed by atoms with Crippen molar-refractivity contribution in [3.63, 3.8) is 0 Å². The second kappa shape index (κ2) is 8.15. The van der Waals surface area contributed by atoms with Crippen molar-refractivity contribution in [2.24, 2.45) is 0 Å². The number of nitro groups is 1. The molecule has 3 rings (SSSR count). The molecule has 0 aliphatic heterocycles. The number of nitro benzene ring substituents is 1. The summed E-state index contributed by atoms with van der Waals surface area (Å²) in [5.41, 5.74) is -0.698. The molecule has 1 aliphatic rings. The number of nitrogens with one attached hydrogen (secondary N) is 2. The van der Waals surface area contributed by atoms with Crippen molar-refractivity contribution >= 4 is 27.1 Å². The summed E-state index contributed by atoms with van der Waals surface area (Å²) in [6, 6.07) is 12.0. The van der Waals surface area contributed by atoms with E-state index in [1.807, 2.05) is 0 Å². The van der Waals surface area contributed by atoms with Gasteiger partial charge in [0.25, 0.3) is 15.7 Å². The Morgan fingerprint density at radius 2 is 1.75 bits per heavy atom. The topological polar surface area (TPSA) is 122 Å². The van der Waals surface area contributed by atoms with Crippen LogP contribution < -0.4 is 10.0 Å². The molecule has 2 aromatic rings. The van der Waals surface area contributed by atoms with Crippen molar-refractivity contribution in [2.45, 2.75) is 42.6 Å². The van der Waals surface area contributed by atoms with Gasteiger partial charge in [0.05, 0.1) is 15.4 Å². The summed E-state index contributed by atoms with van der Waals surface area (Å²) in [7, 11) is -3.97. The summed E-state index contributed by atoms with van der Waals surface area (Å²) in [6.07, 6.45) is 4.19. The van der Waals surface area contributed by atoms with E-state index in [1.54, 1.807) is 30.3 Å². The monoisotopic (exact) mass is 405 g/mol. The van der Waals surface area contributed by atoms with Gasteiger partial charge in [-0.05, 0) is 37.1 Å². The first-order valence-electron chi connectivity index (χ1n) is 9.12. The largest absolute Gasteiger partial charge is 0.388 e. The first kappa shape index (κ1) is 20.1. The lowest BCUT2D eigenvalue weighted by Gasteiger charge is -2.32. The first-order valence-corrected chi connectivity index (χ1v) is 10.6. The molecule has 28 heavy (non-hydrogen) atoms. The molecule has 1 aliphatic carbocycles. The predicted molar refractivity (Wildman–Crippen MR) is 107 cm³/mol. The lowest BCUT2D eigenvalue weighted by atomic mass is 9.85. The van der Waals surface area contributed by atoms with E-state index in [0.29, 0.717) is 18.5 Å². The zero-order valence-corrected chi connectivity index (χ0v) is 16.1. The Labute approximate surface area is 163 Å². The van der Waals surface area contributed by atoms with Crippen molar-refractivity contribution in [1.29, 1.82) is 0 Å². The maximum atomic E-state index is 12.5. The average molecular weight is 405 g/mol. The van der Waals surface area contributed by atoms with E-state index < -0.39 is 20.5 Å². The highest BCUT2D eigenvalue weighted by Crippen LogP contribution is 2.32. The van der Waals surface area contributed by atoms with Gasteiger partial charge in [-0.25, -0.2) is 8.42 Å². The Bertz CT molecular complexity index is 941. The average Bonchev–Trinajstić information content (AvgIpc) is 2.67. The third-order valence-corrected chi connectivity index (χ3v) is 6.27. The number of hydrogen-bond donors (Lipinski definition) is 3. The van der Waals surface area contributed by atoms with Crippen molar-refractivity contribution in [2.75, 3.05) is 16.6 Å². The number of para-hydroxylation sites is 1. The molecule has 0 spiro atoms. The number of aliphatic hydroxyl groups is 1.